The van der Waals surface area contributed by atoms with Crippen molar-refractivity contribution in [3.05, 3.63) is 34.9 Å². The molecule has 88 valence electrons. The molecule has 0 fully saturated rings. The Morgan fingerprint density at radius 3 is 2.44 bits per heavy atom. The average molecular weight is 241 g/mol. The highest BCUT2D eigenvalue weighted by Gasteiger charge is 2.14. The third-order valence-corrected chi connectivity index (χ3v) is 2.66. The highest BCUT2D eigenvalue weighted by Crippen LogP contribution is 2.19. The van der Waals surface area contributed by atoms with Crippen LogP contribution in [-0.4, -0.2) is 11.9 Å². The van der Waals surface area contributed by atoms with Crippen molar-refractivity contribution >= 4 is 17.5 Å². The van der Waals surface area contributed by atoms with Gasteiger partial charge in [0.15, 0.2) is 0 Å². The Kier molecular flexibility index (Phi) is 4.77. The monoisotopic (exact) mass is 240 g/mol. The number of nitrogens with one attached hydrogen (secondary N) is 1. The van der Waals surface area contributed by atoms with Crippen LogP contribution >= 0.6 is 11.6 Å². The first-order valence-corrected chi connectivity index (χ1v) is 5.73. The molecule has 0 saturated heterocycles. The van der Waals surface area contributed by atoms with Crippen molar-refractivity contribution in [3.63, 3.8) is 0 Å². The number of nitrogens with two attached hydrogens (primary N) is 1. The van der Waals surface area contributed by atoms with E-state index in [2.05, 4.69) is 5.32 Å². The lowest BCUT2D eigenvalue weighted by Crippen LogP contribution is -2.40. The predicted molar refractivity (Wildman–Crippen MR) is 66.3 cm³/mol. The Morgan fingerprint density at radius 1 is 1.44 bits per heavy atom. The lowest BCUT2D eigenvalue weighted by atomic mass is 10.0. The van der Waals surface area contributed by atoms with Crippen molar-refractivity contribution < 1.29 is 4.79 Å². The summed E-state index contributed by atoms with van der Waals surface area (Å²) < 4.78 is 0. The zero-order chi connectivity index (χ0) is 12.1. The Bertz CT molecular complexity index is 349. The minimum absolute atomic E-state index is 0.00392. The highest BCUT2D eigenvalue weighted by molar-refractivity contribution is 6.30. The molecule has 0 saturated carbocycles. The summed E-state index contributed by atoms with van der Waals surface area (Å²) >= 11 is 5.81. The van der Waals surface area contributed by atoms with Gasteiger partial charge in [-0.15, -0.1) is 0 Å². The van der Waals surface area contributed by atoms with E-state index in [-0.39, 0.29) is 11.9 Å². The molecule has 1 unspecified atom stereocenters. The van der Waals surface area contributed by atoms with E-state index < -0.39 is 6.04 Å². The summed E-state index contributed by atoms with van der Waals surface area (Å²) in [4.78, 5) is 11.5. The molecule has 4 heteroatoms. The number of halogens is 1. The van der Waals surface area contributed by atoms with Crippen LogP contribution in [0.25, 0.3) is 0 Å². The number of rotatable bonds is 4. The molecular weight excluding hydrogens is 224 g/mol. The summed E-state index contributed by atoms with van der Waals surface area (Å²) in [6, 6.07) is 6.97. The number of hydrogen-bond donors (Lipinski definition) is 2. The van der Waals surface area contributed by atoms with Crippen LogP contribution in [0.3, 0.4) is 0 Å². The Morgan fingerprint density at radius 2 is 2.00 bits per heavy atom. The van der Waals surface area contributed by atoms with Gasteiger partial charge < -0.3 is 11.1 Å². The van der Waals surface area contributed by atoms with E-state index in [1.807, 2.05) is 31.2 Å². The molecule has 1 amide bonds. The van der Waals surface area contributed by atoms with E-state index in [9.17, 15) is 4.79 Å². The van der Waals surface area contributed by atoms with Gasteiger partial charge in [-0.3, -0.25) is 4.79 Å². The Balaban J connectivity index is 2.74. The molecule has 1 rings (SSSR count). The molecule has 0 aromatic heterocycles. The lowest BCUT2D eigenvalue weighted by Gasteiger charge is -2.18. The van der Waals surface area contributed by atoms with Crippen LogP contribution in [0.2, 0.25) is 5.02 Å². The van der Waals surface area contributed by atoms with Crippen molar-refractivity contribution in [2.75, 3.05) is 0 Å². The SMILES string of the molecule is CCC(NC(=O)[C@H](C)N)c1ccc(Cl)cc1. The second-order valence-electron chi connectivity index (χ2n) is 3.81. The van der Waals surface area contributed by atoms with Crippen molar-refractivity contribution in [1.29, 1.82) is 0 Å². The molecule has 0 heterocycles. The van der Waals surface area contributed by atoms with Gasteiger partial charge >= 0.3 is 0 Å². The molecule has 0 aliphatic rings. The van der Waals surface area contributed by atoms with Gasteiger partial charge in [-0.1, -0.05) is 30.7 Å². The molecular formula is C12H17ClN2O. The van der Waals surface area contributed by atoms with Crippen LogP contribution in [0.4, 0.5) is 0 Å². The van der Waals surface area contributed by atoms with Crippen molar-refractivity contribution in [3.8, 4) is 0 Å². The molecule has 0 aliphatic heterocycles. The van der Waals surface area contributed by atoms with Gasteiger partial charge in [0.1, 0.15) is 0 Å². The topological polar surface area (TPSA) is 55.1 Å². The quantitative estimate of drug-likeness (QED) is 0.848. The van der Waals surface area contributed by atoms with Crippen LogP contribution in [0, 0.1) is 0 Å². The molecule has 0 radical (unpaired) electrons. The molecule has 3 nitrogen and oxygen atoms in total. The van der Waals surface area contributed by atoms with Gasteiger partial charge in [-0.05, 0) is 31.0 Å². The van der Waals surface area contributed by atoms with E-state index >= 15 is 0 Å². The van der Waals surface area contributed by atoms with Crippen LogP contribution in [-0.2, 0) is 4.79 Å². The van der Waals surface area contributed by atoms with Crippen LogP contribution in [0.15, 0.2) is 24.3 Å². The predicted octanol–water partition coefficient (Wildman–Crippen LogP) is 2.25. The zero-order valence-corrected chi connectivity index (χ0v) is 10.3. The van der Waals surface area contributed by atoms with Crippen molar-refractivity contribution in [2.45, 2.75) is 32.4 Å². The fourth-order valence-electron chi connectivity index (χ4n) is 1.42. The summed E-state index contributed by atoms with van der Waals surface area (Å²) in [7, 11) is 0. The van der Waals surface area contributed by atoms with Crippen LogP contribution in [0.5, 0.6) is 0 Å². The van der Waals surface area contributed by atoms with Gasteiger partial charge in [0, 0.05) is 5.02 Å². The van der Waals surface area contributed by atoms with E-state index in [0.29, 0.717) is 5.02 Å². The normalized spacial score (nSPS) is 14.2. The molecule has 0 aliphatic carbocycles. The number of amides is 1. The van der Waals surface area contributed by atoms with Gasteiger partial charge in [-0.25, -0.2) is 0 Å². The van der Waals surface area contributed by atoms with Crippen LogP contribution < -0.4 is 11.1 Å². The standard InChI is InChI=1S/C12H17ClN2O/c1-3-11(15-12(16)8(2)14)9-4-6-10(13)7-5-9/h4-8,11H,3,14H2,1-2H3,(H,15,16)/t8-,11?/m0/s1. The second-order valence-corrected chi connectivity index (χ2v) is 4.25. The second kappa shape index (κ2) is 5.87. The smallest absolute Gasteiger partial charge is 0.237 e. The van der Waals surface area contributed by atoms with E-state index in [0.717, 1.165) is 12.0 Å². The first-order chi connectivity index (χ1) is 7.54. The number of carbonyl (C=O) groups is 1. The van der Waals surface area contributed by atoms with Gasteiger partial charge in [0.05, 0.1) is 12.1 Å². The summed E-state index contributed by atoms with van der Waals surface area (Å²) in [6.07, 6.45) is 0.820. The number of benzene rings is 1. The van der Waals surface area contributed by atoms with Gasteiger partial charge in [0.2, 0.25) is 5.91 Å². The van der Waals surface area contributed by atoms with Crippen molar-refractivity contribution in [1.82, 2.24) is 5.32 Å². The lowest BCUT2D eigenvalue weighted by molar-refractivity contribution is -0.122. The Hall–Kier alpha value is -1.06. The molecule has 1 aromatic carbocycles. The summed E-state index contributed by atoms with van der Waals surface area (Å²) in [5.41, 5.74) is 6.55. The minimum Gasteiger partial charge on any atom is -0.348 e. The summed E-state index contributed by atoms with van der Waals surface area (Å²) in [6.45, 7) is 3.69. The first-order valence-electron chi connectivity index (χ1n) is 5.36. The van der Waals surface area contributed by atoms with Gasteiger partial charge in [0.25, 0.3) is 0 Å². The first kappa shape index (κ1) is 13.0. The fraction of sp³-hybridized carbons (Fsp3) is 0.417. The maximum Gasteiger partial charge on any atom is 0.237 e. The van der Waals surface area contributed by atoms with Gasteiger partial charge in [-0.2, -0.15) is 0 Å². The Labute approximate surface area is 101 Å². The molecule has 0 spiro atoms. The molecule has 2 atom stereocenters. The third kappa shape index (κ3) is 3.51. The average Bonchev–Trinajstić information content (AvgIpc) is 2.26. The van der Waals surface area contributed by atoms with E-state index in [1.165, 1.54) is 0 Å². The maximum atomic E-state index is 11.5. The minimum atomic E-state index is -0.485. The molecule has 1 aromatic rings. The zero-order valence-electron chi connectivity index (χ0n) is 9.53. The molecule has 16 heavy (non-hydrogen) atoms. The number of carbonyl (C=O) groups excluding carboxylic acids is 1. The highest BCUT2D eigenvalue weighted by atomic mass is 35.5. The largest absolute Gasteiger partial charge is 0.348 e. The third-order valence-electron chi connectivity index (χ3n) is 2.41. The summed E-state index contributed by atoms with van der Waals surface area (Å²) in [5.74, 6) is -0.137. The summed E-state index contributed by atoms with van der Waals surface area (Å²) in [5, 5.41) is 3.59. The number of hydrogen-bond acceptors (Lipinski definition) is 2. The maximum absolute atomic E-state index is 11.5. The van der Waals surface area contributed by atoms with Crippen molar-refractivity contribution in [2.24, 2.45) is 5.73 Å². The van der Waals surface area contributed by atoms with E-state index in [1.54, 1.807) is 6.92 Å². The van der Waals surface area contributed by atoms with Crippen LogP contribution in [0.1, 0.15) is 31.9 Å². The fourth-order valence-corrected chi connectivity index (χ4v) is 1.55. The van der Waals surface area contributed by atoms with E-state index in [4.69, 9.17) is 17.3 Å². The molecule has 3 N–H and O–H groups in total. The molecule has 0 bridgehead atoms.